The zero-order valence-electron chi connectivity index (χ0n) is 13.1. The number of nitro groups is 1. The van der Waals surface area contributed by atoms with Gasteiger partial charge >= 0.3 is 6.01 Å². The van der Waals surface area contributed by atoms with Crippen LogP contribution >= 0.6 is 0 Å². The topological polar surface area (TPSA) is 107 Å². The average Bonchev–Trinajstić information content (AvgIpc) is 2.65. The van der Waals surface area contributed by atoms with Gasteiger partial charge in [0.2, 0.25) is 0 Å². The van der Waals surface area contributed by atoms with E-state index >= 15 is 0 Å². The fraction of sp³-hybridized carbons (Fsp3) is 0. The molecule has 26 heavy (non-hydrogen) atoms. The van der Waals surface area contributed by atoms with Crippen LogP contribution in [0.4, 0.5) is 15.8 Å². The number of para-hydroxylation sites is 2. The Bertz CT molecular complexity index is 963. The Labute approximate surface area is 146 Å². The molecule has 8 nitrogen and oxygen atoms in total. The van der Waals surface area contributed by atoms with E-state index in [9.17, 15) is 19.3 Å². The standard InChI is InChI=1S/C17H11FN4O4/c18-13-6-2-4-8-15(13)26-17-19-9-11(10-20-17)21-16(23)12-5-1-3-7-14(12)22(24)25/h1-10H,(H,21,23). The van der Waals surface area contributed by atoms with E-state index in [1.807, 2.05) is 0 Å². The quantitative estimate of drug-likeness (QED) is 0.554. The van der Waals surface area contributed by atoms with Gasteiger partial charge in [0.25, 0.3) is 11.6 Å². The molecule has 0 aliphatic carbocycles. The number of carbonyl (C=O) groups excluding carboxylic acids is 1. The van der Waals surface area contributed by atoms with Crippen LogP contribution in [0, 0.1) is 15.9 Å². The maximum atomic E-state index is 13.5. The largest absolute Gasteiger partial charge is 0.421 e. The number of hydrogen-bond donors (Lipinski definition) is 1. The summed E-state index contributed by atoms with van der Waals surface area (Å²) in [5.41, 5.74) is -0.205. The van der Waals surface area contributed by atoms with Gasteiger partial charge in [0.15, 0.2) is 11.6 Å². The van der Waals surface area contributed by atoms with Gasteiger partial charge in [-0.1, -0.05) is 24.3 Å². The molecule has 1 heterocycles. The van der Waals surface area contributed by atoms with Crippen LogP contribution in [0.3, 0.4) is 0 Å². The SMILES string of the molecule is O=C(Nc1cnc(Oc2ccccc2F)nc1)c1ccccc1[N+](=O)[O-]. The van der Waals surface area contributed by atoms with Crippen LogP contribution in [0.5, 0.6) is 11.8 Å². The first-order chi connectivity index (χ1) is 12.5. The van der Waals surface area contributed by atoms with Gasteiger partial charge in [-0.25, -0.2) is 14.4 Å². The molecule has 130 valence electrons. The zero-order valence-corrected chi connectivity index (χ0v) is 13.1. The highest BCUT2D eigenvalue weighted by Gasteiger charge is 2.19. The monoisotopic (exact) mass is 354 g/mol. The van der Waals surface area contributed by atoms with Crippen LogP contribution in [0.15, 0.2) is 60.9 Å². The van der Waals surface area contributed by atoms with Crippen LogP contribution in [0.1, 0.15) is 10.4 Å². The van der Waals surface area contributed by atoms with Gasteiger partial charge in [-0.3, -0.25) is 14.9 Å². The maximum absolute atomic E-state index is 13.5. The predicted octanol–water partition coefficient (Wildman–Crippen LogP) is 3.57. The summed E-state index contributed by atoms with van der Waals surface area (Å²) in [5.74, 6) is -1.28. The molecule has 0 unspecified atom stereocenters. The summed E-state index contributed by atoms with van der Waals surface area (Å²) >= 11 is 0. The number of halogens is 1. The van der Waals surface area contributed by atoms with Crippen molar-refractivity contribution in [3.8, 4) is 11.8 Å². The molecule has 0 bridgehead atoms. The zero-order chi connectivity index (χ0) is 18.5. The van der Waals surface area contributed by atoms with Crippen LogP contribution in [0.25, 0.3) is 0 Å². The summed E-state index contributed by atoms with van der Waals surface area (Å²) in [6.07, 6.45) is 2.49. The number of carbonyl (C=O) groups is 1. The van der Waals surface area contributed by atoms with Gasteiger partial charge in [-0.15, -0.1) is 0 Å². The number of rotatable bonds is 5. The normalized spacial score (nSPS) is 10.2. The van der Waals surface area contributed by atoms with Gasteiger partial charge in [0.05, 0.1) is 23.0 Å². The first-order valence-electron chi connectivity index (χ1n) is 7.34. The second kappa shape index (κ2) is 7.34. The predicted molar refractivity (Wildman–Crippen MR) is 89.6 cm³/mol. The van der Waals surface area contributed by atoms with Crippen molar-refractivity contribution in [2.75, 3.05) is 5.32 Å². The van der Waals surface area contributed by atoms with E-state index < -0.39 is 16.6 Å². The highest BCUT2D eigenvalue weighted by atomic mass is 19.1. The van der Waals surface area contributed by atoms with Crippen LogP contribution in [-0.4, -0.2) is 20.8 Å². The Balaban J connectivity index is 1.73. The van der Waals surface area contributed by atoms with Crippen molar-refractivity contribution >= 4 is 17.3 Å². The van der Waals surface area contributed by atoms with Crippen molar-refractivity contribution in [2.45, 2.75) is 0 Å². The third kappa shape index (κ3) is 3.78. The van der Waals surface area contributed by atoms with E-state index in [0.717, 1.165) is 0 Å². The van der Waals surface area contributed by atoms with E-state index in [0.29, 0.717) is 0 Å². The van der Waals surface area contributed by atoms with Crippen molar-refractivity contribution < 1.29 is 18.8 Å². The van der Waals surface area contributed by atoms with Crippen molar-refractivity contribution in [1.82, 2.24) is 9.97 Å². The summed E-state index contributed by atoms with van der Waals surface area (Å²) < 4.78 is 18.7. The van der Waals surface area contributed by atoms with E-state index in [4.69, 9.17) is 4.74 Å². The molecule has 0 aliphatic heterocycles. The summed E-state index contributed by atoms with van der Waals surface area (Å²) in [7, 11) is 0. The van der Waals surface area contributed by atoms with E-state index in [-0.39, 0.29) is 28.7 Å². The Kier molecular flexibility index (Phi) is 4.79. The van der Waals surface area contributed by atoms with Crippen molar-refractivity contribution in [2.24, 2.45) is 0 Å². The molecule has 1 N–H and O–H groups in total. The van der Waals surface area contributed by atoms with Gasteiger partial charge in [0, 0.05) is 6.07 Å². The number of aromatic nitrogens is 2. The lowest BCUT2D eigenvalue weighted by Gasteiger charge is -2.07. The molecule has 3 rings (SSSR count). The lowest BCUT2D eigenvalue weighted by Crippen LogP contribution is -2.14. The molecule has 0 spiro atoms. The minimum atomic E-state index is -0.677. The summed E-state index contributed by atoms with van der Waals surface area (Å²) in [4.78, 5) is 30.3. The smallest absolute Gasteiger partial charge is 0.322 e. The van der Waals surface area contributed by atoms with Crippen LogP contribution in [-0.2, 0) is 0 Å². The fourth-order valence-corrected chi connectivity index (χ4v) is 2.08. The molecule has 3 aromatic rings. The average molecular weight is 354 g/mol. The molecule has 9 heteroatoms. The first-order valence-corrected chi connectivity index (χ1v) is 7.34. The first kappa shape index (κ1) is 17.0. The van der Waals surface area contributed by atoms with E-state index in [2.05, 4.69) is 15.3 Å². The number of nitrogens with zero attached hydrogens (tertiary/aromatic N) is 3. The van der Waals surface area contributed by atoms with Crippen LogP contribution < -0.4 is 10.1 Å². The lowest BCUT2D eigenvalue weighted by atomic mass is 10.1. The van der Waals surface area contributed by atoms with E-state index in [1.54, 1.807) is 6.07 Å². The van der Waals surface area contributed by atoms with Gasteiger partial charge in [-0.2, -0.15) is 0 Å². The van der Waals surface area contributed by atoms with Crippen molar-refractivity contribution in [1.29, 1.82) is 0 Å². The number of amides is 1. The highest BCUT2D eigenvalue weighted by molar-refractivity contribution is 6.06. The minimum absolute atomic E-state index is 0.0378. The Hall–Kier alpha value is -3.88. The highest BCUT2D eigenvalue weighted by Crippen LogP contribution is 2.22. The molecule has 0 atom stereocenters. The molecular weight excluding hydrogens is 343 g/mol. The summed E-state index contributed by atoms with van der Waals surface area (Å²) in [6, 6.07) is 11.2. The molecule has 1 aromatic heterocycles. The minimum Gasteiger partial charge on any atom is -0.421 e. The van der Waals surface area contributed by atoms with Gasteiger partial charge in [-0.05, 0) is 18.2 Å². The molecule has 0 aliphatic rings. The van der Waals surface area contributed by atoms with E-state index in [1.165, 1.54) is 54.9 Å². The number of benzene rings is 2. The fourth-order valence-electron chi connectivity index (χ4n) is 2.08. The Morgan fingerprint density at radius 1 is 1.08 bits per heavy atom. The van der Waals surface area contributed by atoms with Gasteiger partial charge in [0.1, 0.15) is 5.56 Å². The number of ether oxygens (including phenoxy) is 1. The maximum Gasteiger partial charge on any atom is 0.322 e. The van der Waals surface area contributed by atoms with Crippen LogP contribution in [0.2, 0.25) is 0 Å². The number of nitro benzene ring substituents is 1. The van der Waals surface area contributed by atoms with Crippen molar-refractivity contribution in [3.05, 3.63) is 82.4 Å². The second-order valence-corrected chi connectivity index (χ2v) is 5.02. The van der Waals surface area contributed by atoms with Gasteiger partial charge < -0.3 is 10.1 Å². The molecular formula is C17H11FN4O4. The van der Waals surface area contributed by atoms with Crippen molar-refractivity contribution in [3.63, 3.8) is 0 Å². The Morgan fingerprint density at radius 2 is 1.73 bits per heavy atom. The molecule has 0 fully saturated rings. The number of nitrogens with one attached hydrogen (secondary N) is 1. The third-order valence-electron chi connectivity index (χ3n) is 3.27. The molecule has 0 saturated carbocycles. The molecule has 1 amide bonds. The molecule has 0 saturated heterocycles. The second-order valence-electron chi connectivity index (χ2n) is 5.02. The molecule has 2 aromatic carbocycles. The number of hydrogen-bond acceptors (Lipinski definition) is 6. The lowest BCUT2D eigenvalue weighted by molar-refractivity contribution is -0.385. The Morgan fingerprint density at radius 3 is 2.42 bits per heavy atom. The summed E-state index contributed by atoms with van der Waals surface area (Å²) in [5, 5.41) is 13.4. The number of anilines is 1. The molecule has 0 radical (unpaired) electrons. The summed E-state index contributed by atoms with van der Waals surface area (Å²) in [6.45, 7) is 0. The third-order valence-corrected chi connectivity index (χ3v) is 3.27.